The Bertz CT molecular complexity index is 683. The van der Waals surface area contributed by atoms with Crippen molar-refractivity contribution < 1.29 is 4.79 Å². The molecule has 0 bridgehead atoms. The minimum absolute atomic E-state index is 0.344. The van der Waals surface area contributed by atoms with Crippen molar-refractivity contribution in [3.05, 3.63) is 64.7 Å². The molecule has 0 radical (unpaired) electrons. The zero-order valence-electron chi connectivity index (χ0n) is 13.4. The third-order valence-electron chi connectivity index (χ3n) is 3.51. The Morgan fingerprint density at radius 3 is 2.14 bits per heavy atom. The first-order chi connectivity index (χ1) is 10.5. The van der Waals surface area contributed by atoms with Gasteiger partial charge in [0.25, 0.3) is 0 Å². The highest BCUT2D eigenvalue weighted by Gasteiger charge is 2.06. The quantitative estimate of drug-likeness (QED) is 0.648. The van der Waals surface area contributed by atoms with Crippen molar-refractivity contribution in [1.82, 2.24) is 5.43 Å². The second-order valence-corrected chi connectivity index (χ2v) is 5.40. The topological polar surface area (TPSA) is 53.5 Å². The maximum atomic E-state index is 12.0. The highest BCUT2D eigenvalue weighted by molar-refractivity contribution is 6.00. The van der Waals surface area contributed by atoms with Crippen LogP contribution in [0.25, 0.3) is 0 Å². The van der Waals surface area contributed by atoms with Gasteiger partial charge in [0.1, 0.15) is 0 Å². The van der Waals surface area contributed by atoms with Gasteiger partial charge in [-0.2, -0.15) is 5.10 Å². The molecule has 0 unspecified atom stereocenters. The molecule has 0 atom stereocenters. The number of amides is 2. The molecule has 0 fully saturated rings. The average Bonchev–Trinajstić information content (AvgIpc) is 2.49. The van der Waals surface area contributed by atoms with E-state index in [9.17, 15) is 4.79 Å². The van der Waals surface area contributed by atoms with Crippen molar-refractivity contribution in [2.45, 2.75) is 27.7 Å². The van der Waals surface area contributed by atoms with Crippen LogP contribution >= 0.6 is 0 Å². The summed E-state index contributed by atoms with van der Waals surface area (Å²) in [7, 11) is 0. The van der Waals surface area contributed by atoms with Gasteiger partial charge in [-0.25, -0.2) is 10.2 Å². The Hall–Kier alpha value is -2.62. The number of nitrogens with one attached hydrogen (secondary N) is 2. The molecule has 2 aromatic rings. The van der Waals surface area contributed by atoms with Gasteiger partial charge in [0, 0.05) is 5.69 Å². The van der Waals surface area contributed by atoms with E-state index in [4.69, 9.17) is 0 Å². The summed E-state index contributed by atoms with van der Waals surface area (Å²) in [5.74, 6) is 0. The van der Waals surface area contributed by atoms with Crippen LogP contribution in [0.2, 0.25) is 0 Å². The molecule has 2 N–H and O–H groups in total. The molecule has 0 aliphatic heterocycles. The molecule has 2 aromatic carbocycles. The van der Waals surface area contributed by atoms with Crippen molar-refractivity contribution in [2.24, 2.45) is 5.10 Å². The van der Waals surface area contributed by atoms with Crippen molar-refractivity contribution in [3.63, 3.8) is 0 Å². The molecule has 4 heteroatoms. The van der Waals surface area contributed by atoms with E-state index >= 15 is 0 Å². The highest BCUT2D eigenvalue weighted by atomic mass is 16.2. The van der Waals surface area contributed by atoms with Gasteiger partial charge in [-0.3, -0.25) is 0 Å². The molecule has 2 amide bonds. The van der Waals surface area contributed by atoms with Gasteiger partial charge < -0.3 is 5.32 Å². The Balaban J connectivity index is 2.03. The van der Waals surface area contributed by atoms with Gasteiger partial charge in [-0.05, 0) is 44.4 Å². The van der Waals surface area contributed by atoms with E-state index in [2.05, 4.69) is 15.8 Å². The minimum atomic E-state index is -0.344. The summed E-state index contributed by atoms with van der Waals surface area (Å²) in [5.41, 5.74) is 8.34. The van der Waals surface area contributed by atoms with E-state index in [1.165, 1.54) is 5.56 Å². The van der Waals surface area contributed by atoms with E-state index in [0.717, 1.165) is 28.1 Å². The van der Waals surface area contributed by atoms with Gasteiger partial charge in [-0.15, -0.1) is 0 Å². The number of carbonyl (C=O) groups is 1. The molecule has 22 heavy (non-hydrogen) atoms. The monoisotopic (exact) mass is 295 g/mol. The number of nitrogens with zero attached hydrogens (tertiary/aromatic N) is 1. The fraction of sp³-hybridized carbons (Fsp3) is 0.222. The van der Waals surface area contributed by atoms with Crippen LogP contribution in [0.1, 0.15) is 29.2 Å². The lowest BCUT2D eigenvalue weighted by Gasteiger charge is -2.11. The van der Waals surface area contributed by atoms with E-state index in [0.29, 0.717) is 0 Å². The second-order valence-electron chi connectivity index (χ2n) is 5.40. The predicted octanol–water partition coefficient (Wildman–Crippen LogP) is 4.16. The number of benzene rings is 2. The van der Waals surface area contributed by atoms with Gasteiger partial charge in [0.2, 0.25) is 0 Å². The summed E-state index contributed by atoms with van der Waals surface area (Å²) in [5, 5.41) is 6.97. The Labute approximate surface area is 131 Å². The zero-order valence-corrected chi connectivity index (χ0v) is 13.4. The number of hydrazone groups is 1. The van der Waals surface area contributed by atoms with Crippen LogP contribution in [0.3, 0.4) is 0 Å². The predicted molar refractivity (Wildman–Crippen MR) is 91.5 cm³/mol. The first-order valence-corrected chi connectivity index (χ1v) is 7.22. The molecule has 0 saturated heterocycles. The maximum Gasteiger partial charge on any atom is 0.339 e. The molecule has 0 heterocycles. The summed E-state index contributed by atoms with van der Waals surface area (Å²) < 4.78 is 0. The lowest BCUT2D eigenvalue weighted by Crippen LogP contribution is -2.26. The number of anilines is 1. The maximum absolute atomic E-state index is 12.0. The molecular formula is C18H21N3O. The van der Waals surface area contributed by atoms with Crippen LogP contribution in [0.5, 0.6) is 0 Å². The smallest absolute Gasteiger partial charge is 0.306 e. The van der Waals surface area contributed by atoms with Crippen LogP contribution in [-0.2, 0) is 0 Å². The van der Waals surface area contributed by atoms with Crippen LogP contribution in [0.4, 0.5) is 10.5 Å². The average molecular weight is 295 g/mol. The molecule has 0 saturated carbocycles. The van der Waals surface area contributed by atoms with Crippen LogP contribution < -0.4 is 10.7 Å². The first kappa shape index (κ1) is 15.8. The van der Waals surface area contributed by atoms with E-state index in [-0.39, 0.29) is 6.03 Å². The largest absolute Gasteiger partial charge is 0.339 e. The van der Waals surface area contributed by atoms with Crippen molar-refractivity contribution in [1.29, 1.82) is 0 Å². The highest BCUT2D eigenvalue weighted by Crippen LogP contribution is 2.19. The Morgan fingerprint density at radius 1 is 0.955 bits per heavy atom. The lowest BCUT2D eigenvalue weighted by molar-refractivity contribution is 0.252. The van der Waals surface area contributed by atoms with Gasteiger partial charge in [-0.1, -0.05) is 48.0 Å². The Morgan fingerprint density at radius 2 is 1.55 bits per heavy atom. The fourth-order valence-electron chi connectivity index (χ4n) is 2.15. The molecular weight excluding hydrogens is 274 g/mol. The summed E-state index contributed by atoms with van der Waals surface area (Å²) in [4.78, 5) is 12.0. The summed E-state index contributed by atoms with van der Waals surface area (Å²) in [6.07, 6.45) is 0. The van der Waals surface area contributed by atoms with Gasteiger partial charge in [0.15, 0.2) is 0 Å². The molecule has 4 nitrogen and oxygen atoms in total. The van der Waals surface area contributed by atoms with Crippen LogP contribution in [0.15, 0.2) is 47.6 Å². The molecule has 0 spiro atoms. The lowest BCUT2D eigenvalue weighted by atomic mass is 10.1. The molecule has 0 aromatic heterocycles. The van der Waals surface area contributed by atoms with Crippen molar-refractivity contribution in [2.75, 3.05) is 5.32 Å². The minimum Gasteiger partial charge on any atom is -0.306 e. The normalized spacial score (nSPS) is 11.2. The summed E-state index contributed by atoms with van der Waals surface area (Å²) in [6, 6.07) is 13.6. The number of hydrogen-bond donors (Lipinski definition) is 2. The number of para-hydroxylation sites is 1. The number of carbonyl (C=O) groups excluding carboxylic acids is 1. The third-order valence-corrected chi connectivity index (χ3v) is 3.51. The summed E-state index contributed by atoms with van der Waals surface area (Å²) in [6.45, 7) is 7.82. The van der Waals surface area contributed by atoms with Crippen LogP contribution in [-0.4, -0.2) is 11.7 Å². The number of hydrogen-bond acceptors (Lipinski definition) is 2. The van der Waals surface area contributed by atoms with Crippen molar-refractivity contribution in [3.8, 4) is 0 Å². The molecule has 0 aliphatic carbocycles. The zero-order chi connectivity index (χ0) is 16.1. The number of aryl methyl sites for hydroxylation is 3. The number of rotatable bonds is 3. The van der Waals surface area contributed by atoms with E-state index in [1.54, 1.807) is 0 Å². The Kier molecular flexibility index (Phi) is 4.94. The molecule has 114 valence electrons. The third kappa shape index (κ3) is 3.95. The van der Waals surface area contributed by atoms with E-state index in [1.807, 2.05) is 70.2 Å². The molecule has 0 aliphatic rings. The first-order valence-electron chi connectivity index (χ1n) is 7.22. The fourth-order valence-corrected chi connectivity index (χ4v) is 2.15. The van der Waals surface area contributed by atoms with Crippen LogP contribution in [0, 0.1) is 20.8 Å². The van der Waals surface area contributed by atoms with Gasteiger partial charge >= 0.3 is 6.03 Å². The standard InChI is InChI=1S/C18H21N3O/c1-12-8-10-16(11-9-12)15(4)20-21-18(22)19-17-13(2)6-5-7-14(17)3/h5-11H,1-4H3,(H2,19,21,22)/b20-15+. The second kappa shape index (κ2) is 6.89. The number of urea groups is 1. The van der Waals surface area contributed by atoms with Crippen molar-refractivity contribution >= 4 is 17.4 Å². The SMILES string of the molecule is C/C(=N\NC(=O)Nc1c(C)cccc1C)c1ccc(C)cc1. The van der Waals surface area contributed by atoms with E-state index < -0.39 is 0 Å². The van der Waals surface area contributed by atoms with Gasteiger partial charge in [0.05, 0.1) is 5.71 Å². The summed E-state index contributed by atoms with van der Waals surface area (Å²) >= 11 is 0. The molecule has 2 rings (SSSR count).